The van der Waals surface area contributed by atoms with Crippen LogP contribution in [0.15, 0.2) is 82.0 Å². The topological polar surface area (TPSA) is 59.8 Å². The summed E-state index contributed by atoms with van der Waals surface area (Å²) in [6.45, 7) is 2.39. The van der Waals surface area contributed by atoms with Gasteiger partial charge in [0.25, 0.3) is 5.91 Å². The Kier molecular flexibility index (Phi) is 4.59. The van der Waals surface area contributed by atoms with E-state index in [0.717, 1.165) is 16.7 Å². The number of nitrogens with zero attached hydrogens (tertiary/aromatic N) is 1. The number of carbonyl (C=O) groups excluding carboxylic acids is 1. The molecule has 1 atom stereocenters. The van der Waals surface area contributed by atoms with E-state index in [4.69, 9.17) is 9.15 Å². The van der Waals surface area contributed by atoms with Crippen LogP contribution >= 0.6 is 0 Å². The van der Waals surface area contributed by atoms with Gasteiger partial charge in [0, 0.05) is 6.54 Å². The monoisotopic (exact) mass is 411 g/mol. The van der Waals surface area contributed by atoms with Crippen molar-refractivity contribution in [1.29, 1.82) is 0 Å². The van der Waals surface area contributed by atoms with E-state index in [9.17, 15) is 9.59 Å². The van der Waals surface area contributed by atoms with Crippen LogP contribution in [0.25, 0.3) is 11.0 Å². The van der Waals surface area contributed by atoms with Crippen LogP contribution in [0.1, 0.15) is 38.9 Å². The zero-order chi connectivity index (χ0) is 21.5. The first-order chi connectivity index (χ1) is 15.1. The lowest BCUT2D eigenvalue weighted by Gasteiger charge is -2.25. The van der Waals surface area contributed by atoms with Crippen LogP contribution in [0.5, 0.6) is 5.75 Å². The van der Waals surface area contributed by atoms with Crippen LogP contribution in [0.4, 0.5) is 0 Å². The minimum absolute atomic E-state index is 0.122. The van der Waals surface area contributed by atoms with E-state index in [1.54, 1.807) is 36.3 Å². The number of carbonyl (C=O) groups is 1. The Labute approximate surface area is 179 Å². The van der Waals surface area contributed by atoms with E-state index in [-0.39, 0.29) is 17.1 Å². The fourth-order valence-electron chi connectivity index (χ4n) is 4.15. The molecule has 154 valence electrons. The number of hydrogen-bond acceptors (Lipinski definition) is 4. The van der Waals surface area contributed by atoms with Crippen molar-refractivity contribution >= 4 is 16.9 Å². The number of ether oxygens (including phenoxy) is 1. The Hall–Kier alpha value is -3.86. The van der Waals surface area contributed by atoms with Gasteiger partial charge in [-0.25, -0.2) is 0 Å². The first-order valence-corrected chi connectivity index (χ1v) is 10.1. The van der Waals surface area contributed by atoms with Gasteiger partial charge in [-0.1, -0.05) is 54.1 Å². The number of fused-ring (bicyclic) bond motifs is 2. The molecule has 0 spiro atoms. The lowest BCUT2D eigenvalue weighted by atomic mass is 9.98. The number of benzene rings is 3. The van der Waals surface area contributed by atoms with E-state index in [0.29, 0.717) is 28.8 Å². The molecule has 1 aromatic heterocycles. The van der Waals surface area contributed by atoms with Gasteiger partial charge < -0.3 is 14.1 Å². The van der Waals surface area contributed by atoms with Crippen molar-refractivity contribution in [2.24, 2.45) is 0 Å². The molecule has 5 heteroatoms. The van der Waals surface area contributed by atoms with Crippen molar-refractivity contribution in [3.05, 3.63) is 111 Å². The van der Waals surface area contributed by atoms with Gasteiger partial charge in [0.1, 0.15) is 11.3 Å². The van der Waals surface area contributed by atoms with Gasteiger partial charge in [-0.3, -0.25) is 9.59 Å². The average Bonchev–Trinajstić information content (AvgIpc) is 3.07. The lowest BCUT2D eigenvalue weighted by Crippen LogP contribution is -2.29. The van der Waals surface area contributed by atoms with Crippen molar-refractivity contribution < 1.29 is 13.9 Å². The predicted octanol–water partition coefficient (Wildman–Crippen LogP) is 4.86. The quantitative estimate of drug-likeness (QED) is 0.481. The molecule has 0 saturated heterocycles. The largest absolute Gasteiger partial charge is 0.497 e. The second-order valence-electron chi connectivity index (χ2n) is 7.76. The molecule has 4 aromatic rings. The van der Waals surface area contributed by atoms with Gasteiger partial charge in [-0.05, 0) is 42.3 Å². The highest BCUT2D eigenvalue weighted by molar-refractivity contribution is 5.99. The van der Waals surface area contributed by atoms with Crippen LogP contribution in [0.2, 0.25) is 0 Å². The van der Waals surface area contributed by atoms with Crippen LogP contribution in [0, 0.1) is 6.92 Å². The third-order valence-electron chi connectivity index (χ3n) is 5.78. The Morgan fingerprint density at radius 2 is 1.65 bits per heavy atom. The molecule has 1 amide bonds. The molecule has 5 nitrogen and oxygen atoms in total. The third kappa shape index (κ3) is 3.19. The summed E-state index contributed by atoms with van der Waals surface area (Å²) in [5.41, 5.74) is 3.61. The van der Waals surface area contributed by atoms with Crippen LogP contribution in [-0.4, -0.2) is 17.9 Å². The van der Waals surface area contributed by atoms with Gasteiger partial charge in [-0.15, -0.1) is 0 Å². The zero-order valence-electron chi connectivity index (χ0n) is 17.3. The standard InChI is InChI=1S/C26H21NO4/c1-16-7-9-17(10-8-16)15-27-23(18-11-13-19(30-2)14-12-18)22-24(28)20-5-3-4-6-21(20)31-25(22)26(27)29/h3-14,23H,15H2,1-2H3. The van der Waals surface area contributed by atoms with Crippen molar-refractivity contribution in [3.8, 4) is 5.75 Å². The van der Waals surface area contributed by atoms with E-state index in [2.05, 4.69) is 0 Å². The van der Waals surface area contributed by atoms with Gasteiger partial charge >= 0.3 is 0 Å². The molecule has 0 radical (unpaired) electrons. The predicted molar refractivity (Wildman–Crippen MR) is 118 cm³/mol. The summed E-state index contributed by atoms with van der Waals surface area (Å²) in [4.78, 5) is 28.6. The summed E-state index contributed by atoms with van der Waals surface area (Å²) in [6.07, 6.45) is 0. The minimum atomic E-state index is -0.532. The fraction of sp³-hybridized carbons (Fsp3) is 0.154. The highest BCUT2D eigenvalue weighted by Gasteiger charge is 2.42. The smallest absolute Gasteiger partial charge is 0.291 e. The van der Waals surface area contributed by atoms with Crippen LogP contribution in [0.3, 0.4) is 0 Å². The maximum Gasteiger partial charge on any atom is 0.291 e. The Morgan fingerprint density at radius 1 is 0.935 bits per heavy atom. The van der Waals surface area contributed by atoms with Gasteiger partial charge in [0.05, 0.1) is 24.1 Å². The summed E-state index contributed by atoms with van der Waals surface area (Å²) in [5, 5.41) is 0.477. The number of hydrogen-bond donors (Lipinski definition) is 0. The molecular weight excluding hydrogens is 390 g/mol. The van der Waals surface area contributed by atoms with Gasteiger partial charge in [0.2, 0.25) is 5.76 Å². The highest BCUT2D eigenvalue weighted by Crippen LogP contribution is 2.39. The van der Waals surface area contributed by atoms with Gasteiger partial charge in [-0.2, -0.15) is 0 Å². The molecule has 1 aliphatic heterocycles. The summed E-state index contributed by atoms with van der Waals surface area (Å²) in [5.74, 6) is 0.555. The second-order valence-corrected chi connectivity index (χ2v) is 7.76. The van der Waals surface area contributed by atoms with E-state index in [1.807, 2.05) is 55.5 Å². The molecule has 0 N–H and O–H groups in total. The van der Waals surface area contributed by atoms with Crippen LogP contribution in [-0.2, 0) is 6.54 Å². The maximum atomic E-state index is 13.5. The number of aryl methyl sites for hydroxylation is 1. The number of para-hydroxylation sites is 1. The minimum Gasteiger partial charge on any atom is -0.497 e. The molecule has 2 heterocycles. The number of amides is 1. The van der Waals surface area contributed by atoms with E-state index < -0.39 is 6.04 Å². The zero-order valence-corrected chi connectivity index (χ0v) is 17.3. The van der Waals surface area contributed by atoms with Crippen molar-refractivity contribution in [3.63, 3.8) is 0 Å². The molecule has 3 aromatic carbocycles. The SMILES string of the molecule is COc1ccc(C2c3c(oc4ccccc4c3=O)C(=O)N2Cc2ccc(C)cc2)cc1. The van der Waals surface area contributed by atoms with Crippen molar-refractivity contribution in [2.45, 2.75) is 19.5 Å². The van der Waals surface area contributed by atoms with E-state index >= 15 is 0 Å². The maximum absolute atomic E-state index is 13.5. The molecule has 0 saturated carbocycles. The summed E-state index contributed by atoms with van der Waals surface area (Å²) in [7, 11) is 1.61. The summed E-state index contributed by atoms with van der Waals surface area (Å²) >= 11 is 0. The highest BCUT2D eigenvalue weighted by atomic mass is 16.5. The molecule has 31 heavy (non-hydrogen) atoms. The average molecular weight is 411 g/mol. The normalized spacial score (nSPS) is 15.4. The molecule has 0 aliphatic carbocycles. The Bertz CT molecular complexity index is 1340. The second kappa shape index (κ2) is 7.43. The molecule has 0 bridgehead atoms. The molecular formula is C26H21NO4. The Morgan fingerprint density at radius 3 is 2.35 bits per heavy atom. The molecule has 1 aliphatic rings. The van der Waals surface area contributed by atoms with Crippen molar-refractivity contribution in [2.75, 3.05) is 7.11 Å². The third-order valence-corrected chi connectivity index (χ3v) is 5.78. The summed E-state index contributed by atoms with van der Waals surface area (Å²) < 4.78 is 11.2. The molecule has 5 rings (SSSR count). The number of rotatable bonds is 4. The lowest BCUT2D eigenvalue weighted by molar-refractivity contribution is 0.0714. The first-order valence-electron chi connectivity index (χ1n) is 10.1. The van der Waals surface area contributed by atoms with Crippen molar-refractivity contribution in [1.82, 2.24) is 4.90 Å². The first kappa shape index (κ1) is 19.1. The van der Waals surface area contributed by atoms with Gasteiger partial charge in [0.15, 0.2) is 5.43 Å². The number of methoxy groups -OCH3 is 1. The van der Waals surface area contributed by atoms with Crippen LogP contribution < -0.4 is 10.2 Å². The van der Waals surface area contributed by atoms with E-state index in [1.165, 1.54) is 0 Å². The Balaban J connectivity index is 1.69. The molecule has 0 fully saturated rings. The fourth-order valence-corrected chi connectivity index (χ4v) is 4.15. The molecule has 1 unspecified atom stereocenters. The summed E-state index contributed by atoms with van der Waals surface area (Å²) in [6, 6.07) is 22.0.